The van der Waals surface area contributed by atoms with Crippen molar-refractivity contribution in [1.82, 2.24) is 0 Å². The van der Waals surface area contributed by atoms with Crippen molar-refractivity contribution in [3.05, 3.63) is 72.0 Å². The van der Waals surface area contributed by atoms with E-state index in [0.717, 1.165) is 17.1 Å². The van der Waals surface area contributed by atoms with Crippen molar-refractivity contribution in [2.24, 2.45) is 0 Å². The first kappa shape index (κ1) is 10.5. The summed E-state index contributed by atoms with van der Waals surface area (Å²) in [7, 11) is 0. The van der Waals surface area contributed by atoms with Gasteiger partial charge in [-0.2, -0.15) is 0 Å². The Morgan fingerprint density at radius 1 is 0.875 bits per heavy atom. The summed E-state index contributed by atoms with van der Waals surface area (Å²) in [6.45, 7) is 1.96. The third-order valence-corrected chi connectivity index (χ3v) is 2.19. The number of rotatable bonds is 3. The second-order valence-electron chi connectivity index (χ2n) is 3.58. The normalized spacial score (nSPS) is 11.2. The lowest BCUT2D eigenvalue weighted by Gasteiger charge is -2.05. The summed E-state index contributed by atoms with van der Waals surface area (Å²) in [5, 5.41) is 0. The average Bonchev–Trinajstić information content (AvgIpc) is 2.31. The van der Waals surface area contributed by atoms with Crippen LogP contribution >= 0.6 is 0 Å². The van der Waals surface area contributed by atoms with Gasteiger partial charge in [-0.25, -0.2) is 0 Å². The Labute approximate surface area is 96.0 Å². The van der Waals surface area contributed by atoms with Crippen LogP contribution in [0.4, 0.5) is 0 Å². The Bertz CT molecular complexity index is 457. The Morgan fingerprint density at radius 3 is 2.06 bits per heavy atom. The first-order chi connectivity index (χ1) is 7.84. The fourth-order valence-electron chi connectivity index (χ4n) is 1.49. The van der Waals surface area contributed by atoms with E-state index in [1.54, 1.807) is 0 Å². The molecule has 0 heterocycles. The van der Waals surface area contributed by atoms with Gasteiger partial charge in [0.15, 0.2) is 0 Å². The summed E-state index contributed by atoms with van der Waals surface area (Å²) < 4.78 is 5.68. The Morgan fingerprint density at radius 2 is 1.44 bits per heavy atom. The van der Waals surface area contributed by atoms with E-state index in [1.165, 1.54) is 0 Å². The van der Waals surface area contributed by atoms with Crippen molar-refractivity contribution in [3.8, 4) is 5.75 Å². The van der Waals surface area contributed by atoms with Crippen LogP contribution in [0.3, 0.4) is 0 Å². The van der Waals surface area contributed by atoms with Crippen LogP contribution < -0.4 is 4.74 Å². The van der Waals surface area contributed by atoms with Crippen LogP contribution in [0.5, 0.6) is 5.75 Å². The first-order valence-corrected chi connectivity index (χ1v) is 5.31. The van der Waals surface area contributed by atoms with E-state index in [2.05, 4.69) is 12.1 Å². The number of hydrogen-bond donors (Lipinski definition) is 0. The zero-order valence-electron chi connectivity index (χ0n) is 9.26. The van der Waals surface area contributed by atoms with E-state index < -0.39 is 0 Å². The van der Waals surface area contributed by atoms with Crippen molar-refractivity contribution in [2.75, 3.05) is 0 Å². The zero-order chi connectivity index (χ0) is 11.2. The summed E-state index contributed by atoms with van der Waals surface area (Å²) in [6.07, 6.45) is 2.02. The zero-order valence-corrected chi connectivity index (χ0v) is 9.26. The van der Waals surface area contributed by atoms with Crippen LogP contribution in [0.2, 0.25) is 0 Å². The molecule has 2 aromatic carbocycles. The molecule has 0 aliphatic carbocycles. The Balaban J connectivity index is 2.09. The minimum Gasteiger partial charge on any atom is -0.462 e. The van der Waals surface area contributed by atoms with Gasteiger partial charge in [-0.1, -0.05) is 48.5 Å². The molecule has 0 saturated heterocycles. The second kappa shape index (κ2) is 5.17. The highest BCUT2D eigenvalue weighted by molar-refractivity contribution is 5.51. The molecule has 1 nitrogen and oxygen atoms in total. The highest BCUT2D eigenvalue weighted by Crippen LogP contribution is 2.14. The maximum atomic E-state index is 5.68. The highest BCUT2D eigenvalue weighted by Gasteiger charge is 1.94. The van der Waals surface area contributed by atoms with Crippen LogP contribution in [-0.2, 0) is 0 Å². The highest BCUT2D eigenvalue weighted by atomic mass is 16.5. The van der Waals surface area contributed by atoms with Gasteiger partial charge in [-0.15, -0.1) is 0 Å². The first-order valence-electron chi connectivity index (χ1n) is 5.31. The van der Waals surface area contributed by atoms with Crippen molar-refractivity contribution < 1.29 is 4.74 Å². The summed E-state index contributed by atoms with van der Waals surface area (Å²) in [6, 6.07) is 19.9. The van der Waals surface area contributed by atoms with Crippen LogP contribution in [0.25, 0.3) is 6.08 Å². The average molecular weight is 210 g/mol. The SMILES string of the molecule is CC(=Cc1ccccc1)Oc1ccccc1. The largest absolute Gasteiger partial charge is 0.462 e. The van der Waals surface area contributed by atoms with E-state index in [0.29, 0.717) is 0 Å². The van der Waals surface area contributed by atoms with E-state index >= 15 is 0 Å². The summed E-state index contributed by atoms with van der Waals surface area (Å²) in [5.74, 6) is 1.75. The summed E-state index contributed by atoms with van der Waals surface area (Å²) in [4.78, 5) is 0. The molecule has 80 valence electrons. The molecule has 0 bridgehead atoms. The number of ether oxygens (including phenoxy) is 1. The van der Waals surface area contributed by atoms with Gasteiger partial charge >= 0.3 is 0 Å². The molecule has 0 N–H and O–H groups in total. The lowest BCUT2D eigenvalue weighted by atomic mass is 10.2. The quantitative estimate of drug-likeness (QED) is 0.692. The molecule has 0 aromatic heterocycles. The van der Waals surface area contributed by atoms with Crippen molar-refractivity contribution in [1.29, 1.82) is 0 Å². The predicted octanol–water partition coefficient (Wildman–Crippen LogP) is 4.13. The Kier molecular flexibility index (Phi) is 3.39. The molecule has 0 radical (unpaired) electrons. The smallest absolute Gasteiger partial charge is 0.126 e. The molecule has 0 fully saturated rings. The van der Waals surface area contributed by atoms with E-state index in [4.69, 9.17) is 4.74 Å². The number of allylic oxidation sites excluding steroid dienone is 1. The number of para-hydroxylation sites is 1. The van der Waals surface area contributed by atoms with E-state index in [9.17, 15) is 0 Å². The minimum atomic E-state index is 0.868. The maximum absolute atomic E-state index is 5.68. The number of hydrogen-bond acceptors (Lipinski definition) is 1. The third kappa shape index (κ3) is 2.99. The minimum absolute atomic E-state index is 0.868. The van der Waals surface area contributed by atoms with Gasteiger partial charge < -0.3 is 4.74 Å². The second-order valence-corrected chi connectivity index (χ2v) is 3.58. The molecule has 0 spiro atoms. The predicted molar refractivity (Wildman–Crippen MR) is 67.2 cm³/mol. The summed E-state index contributed by atoms with van der Waals surface area (Å²) in [5.41, 5.74) is 1.15. The van der Waals surface area contributed by atoms with Crippen LogP contribution in [0, 0.1) is 0 Å². The molecule has 0 saturated carbocycles. The lowest BCUT2D eigenvalue weighted by Crippen LogP contribution is -1.89. The molecule has 16 heavy (non-hydrogen) atoms. The van der Waals surface area contributed by atoms with Crippen molar-refractivity contribution >= 4 is 6.08 Å². The van der Waals surface area contributed by atoms with E-state index in [-0.39, 0.29) is 0 Å². The standard InChI is InChI=1S/C15H14O/c1-13(12-14-8-4-2-5-9-14)16-15-10-6-3-7-11-15/h2-12H,1H3. The van der Waals surface area contributed by atoms with Gasteiger partial charge in [-0.05, 0) is 30.7 Å². The van der Waals surface area contributed by atoms with Crippen LogP contribution in [0.1, 0.15) is 12.5 Å². The van der Waals surface area contributed by atoms with Gasteiger partial charge in [0.05, 0.1) is 0 Å². The van der Waals surface area contributed by atoms with Gasteiger partial charge in [0.1, 0.15) is 11.5 Å². The monoisotopic (exact) mass is 210 g/mol. The maximum Gasteiger partial charge on any atom is 0.126 e. The van der Waals surface area contributed by atoms with Gasteiger partial charge in [0.2, 0.25) is 0 Å². The molecule has 1 heteroatoms. The fraction of sp³-hybridized carbons (Fsp3) is 0.0667. The molecule has 2 aromatic rings. The molecular weight excluding hydrogens is 196 g/mol. The van der Waals surface area contributed by atoms with E-state index in [1.807, 2.05) is 61.5 Å². The molecular formula is C15H14O. The van der Waals surface area contributed by atoms with Gasteiger partial charge in [0, 0.05) is 0 Å². The Hall–Kier alpha value is -2.02. The molecule has 0 atom stereocenters. The molecule has 0 unspecified atom stereocenters. The molecule has 0 amide bonds. The third-order valence-electron chi connectivity index (χ3n) is 2.19. The topological polar surface area (TPSA) is 9.23 Å². The van der Waals surface area contributed by atoms with Gasteiger partial charge in [-0.3, -0.25) is 0 Å². The van der Waals surface area contributed by atoms with Crippen molar-refractivity contribution in [3.63, 3.8) is 0 Å². The lowest BCUT2D eigenvalue weighted by molar-refractivity contribution is 0.433. The summed E-state index contributed by atoms with van der Waals surface area (Å²) >= 11 is 0. The van der Waals surface area contributed by atoms with Crippen molar-refractivity contribution in [2.45, 2.75) is 6.92 Å². The molecule has 0 aliphatic heterocycles. The number of benzene rings is 2. The van der Waals surface area contributed by atoms with Crippen LogP contribution in [0.15, 0.2) is 66.4 Å². The van der Waals surface area contributed by atoms with Crippen LogP contribution in [-0.4, -0.2) is 0 Å². The molecule has 0 aliphatic rings. The van der Waals surface area contributed by atoms with Gasteiger partial charge in [0.25, 0.3) is 0 Å². The fourth-order valence-corrected chi connectivity index (χ4v) is 1.49. The molecule has 2 rings (SSSR count).